The van der Waals surface area contributed by atoms with E-state index in [1.54, 1.807) is 18.4 Å². The van der Waals surface area contributed by atoms with Crippen LogP contribution in [0.25, 0.3) is 5.65 Å². The van der Waals surface area contributed by atoms with Crippen LogP contribution in [0.4, 0.5) is 0 Å². The summed E-state index contributed by atoms with van der Waals surface area (Å²) in [7, 11) is 0. The fourth-order valence-electron chi connectivity index (χ4n) is 2.05. The van der Waals surface area contributed by atoms with Crippen molar-refractivity contribution >= 4 is 21.6 Å². The van der Waals surface area contributed by atoms with E-state index in [4.69, 9.17) is 4.42 Å². The highest BCUT2D eigenvalue weighted by Gasteiger charge is 2.10. The smallest absolute Gasteiger partial charge is 0.136 e. The van der Waals surface area contributed by atoms with E-state index in [1.807, 2.05) is 28.9 Å². The summed E-state index contributed by atoms with van der Waals surface area (Å²) in [4.78, 5) is 4.33. The van der Waals surface area contributed by atoms with Gasteiger partial charge in [-0.15, -0.1) is 0 Å². The molecule has 104 valence electrons. The monoisotopic (exact) mass is 335 g/mol. The lowest BCUT2D eigenvalue weighted by Gasteiger charge is -2.09. The molecule has 3 aromatic rings. The number of nitrogens with zero attached hydrogens (tertiary/aromatic N) is 2. The largest absolute Gasteiger partial charge is 0.467 e. The second-order valence-electron chi connectivity index (χ2n) is 4.49. The van der Waals surface area contributed by atoms with Gasteiger partial charge in [0.15, 0.2) is 0 Å². The molecular formula is C14H14BrN3O2. The SMILES string of the molecule is OC(CNCc1cnc2ccc(Br)cn12)c1ccco1. The fourth-order valence-corrected chi connectivity index (χ4v) is 2.39. The van der Waals surface area contributed by atoms with E-state index in [0.29, 0.717) is 18.8 Å². The van der Waals surface area contributed by atoms with Gasteiger partial charge in [-0.25, -0.2) is 4.98 Å². The van der Waals surface area contributed by atoms with Crippen LogP contribution in [0.1, 0.15) is 17.6 Å². The molecule has 2 N–H and O–H groups in total. The quantitative estimate of drug-likeness (QED) is 0.752. The van der Waals surface area contributed by atoms with Crippen molar-refractivity contribution in [3.05, 3.63) is 58.8 Å². The van der Waals surface area contributed by atoms with Gasteiger partial charge in [0, 0.05) is 23.8 Å². The minimum atomic E-state index is -0.643. The van der Waals surface area contributed by atoms with Gasteiger partial charge >= 0.3 is 0 Å². The molecule has 0 radical (unpaired) electrons. The van der Waals surface area contributed by atoms with E-state index in [0.717, 1.165) is 15.8 Å². The van der Waals surface area contributed by atoms with Crippen LogP contribution in [0.5, 0.6) is 0 Å². The van der Waals surface area contributed by atoms with Crippen molar-refractivity contribution in [2.45, 2.75) is 12.6 Å². The lowest BCUT2D eigenvalue weighted by Crippen LogP contribution is -2.21. The number of halogens is 1. The molecule has 0 spiro atoms. The molecule has 0 saturated heterocycles. The Morgan fingerprint density at radius 3 is 3.10 bits per heavy atom. The van der Waals surface area contributed by atoms with Crippen LogP contribution in [0, 0.1) is 0 Å². The summed E-state index contributed by atoms with van der Waals surface area (Å²) in [6.07, 6.45) is 4.72. The molecular weight excluding hydrogens is 322 g/mol. The second-order valence-corrected chi connectivity index (χ2v) is 5.40. The highest BCUT2D eigenvalue weighted by Crippen LogP contribution is 2.14. The molecule has 3 heterocycles. The Balaban J connectivity index is 1.64. The van der Waals surface area contributed by atoms with Crippen molar-refractivity contribution in [1.29, 1.82) is 0 Å². The van der Waals surface area contributed by atoms with Crippen LogP contribution >= 0.6 is 15.9 Å². The van der Waals surface area contributed by atoms with E-state index in [9.17, 15) is 5.11 Å². The number of aliphatic hydroxyl groups is 1. The maximum absolute atomic E-state index is 9.91. The molecule has 3 rings (SSSR count). The van der Waals surface area contributed by atoms with Gasteiger partial charge in [0.25, 0.3) is 0 Å². The van der Waals surface area contributed by atoms with Gasteiger partial charge in [0.1, 0.15) is 17.5 Å². The minimum Gasteiger partial charge on any atom is -0.467 e. The molecule has 1 unspecified atom stereocenters. The van der Waals surface area contributed by atoms with Crippen LogP contribution in [0.3, 0.4) is 0 Å². The molecule has 6 heteroatoms. The molecule has 0 bridgehead atoms. The summed E-state index contributed by atoms with van der Waals surface area (Å²) in [5.41, 5.74) is 1.93. The first-order valence-corrected chi connectivity index (χ1v) is 7.07. The van der Waals surface area contributed by atoms with Crippen LogP contribution in [-0.2, 0) is 6.54 Å². The van der Waals surface area contributed by atoms with Gasteiger partial charge in [-0.1, -0.05) is 0 Å². The third kappa shape index (κ3) is 2.77. The number of hydrogen-bond donors (Lipinski definition) is 2. The first kappa shape index (κ1) is 13.4. The number of aromatic nitrogens is 2. The molecule has 20 heavy (non-hydrogen) atoms. The Hall–Kier alpha value is -1.63. The molecule has 3 aromatic heterocycles. The normalized spacial score (nSPS) is 12.9. The molecule has 0 aromatic carbocycles. The number of fused-ring (bicyclic) bond motifs is 1. The van der Waals surface area contributed by atoms with E-state index >= 15 is 0 Å². The van der Waals surface area contributed by atoms with E-state index < -0.39 is 6.10 Å². The van der Waals surface area contributed by atoms with Crippen LogP contribution in [0.15, 0.2) is 51.8 Å². The Kier molecular flexibility index (Phi) is 3.86. The standard InChI is InChI=1S/C14H14BrN3O2/c15-10-3-4-14-17-7-11(18(14)9-10)6-16-8-12(19)13-2-1-5-20-13/h1-5,7,9,12,16,19H,6,8H2. The number of pyridine rings is 1. The number of nitrogens with one attached hydrogen (secondary N) is 1. The van der Waals surface area contributed by atoms with Gasteiger partial charge in [0.05, 0.1) is 18.2 Å². The lowest BCUT2D eigenvalue weighted by atomic mass is 10.2. The lowest BCUT2D eigenvalue weighted by molar-refractivity contribution is 0.147. The minimum absolute atomic E-state index is 0.425. The second kappa shape index (κ2) is 5.78. The number of hydrogen-bond acceptors (Lipinski definition) is 4. The summed E-state index contributed by atoms with van der Waals surface area (Å²) < 4.78 is 8.17. The third-order valence-corrected chi connectivity index (χ3v) is 3.53. The fraction of sp³-hybridized carbons (Fsp3) is 0.214. The molecule has 5 nitrogen and oxygen atoms in total. The molecule has 0 aliphatic rings. The van der Waals surface area contributed by atoms with E-state index in [1.165, 1.54) is 0 Å². The predicted molar refractivity (Wildman–Crippen MR) is 78.3 cm³/mol. The Bertz CT molecular complexity index is 694. The Labute approximate surface area is 124 Å². The van der Waals surface area contributed by atoms with E-state index in [-0.39, 0.29) is 0 Å². The number of aliphatic hydroxyl groups excluding tert-OH is 1. The van der Waals surface area contributed by atoms with Crippen LogP contribution in [0.2, 0.25) is 0 Å². The topological polar surface area (TPSA) is 62.7 Å². The molecule has 1 atom stereocenters. The maximum Gasteiger partial charge on any atom is 0.136 e. The van der Waals surface area contributed by atoms with Crippen molar-refractivity contribution in [3.63, 3.8) is 0 Å². The summed E-state index contributed by atoms with van der Waals surface area (Å²) in [5, 5.41) is 13.1. The maximum atomic E-state index is 9.91. The average Bonchev–Trinajstić information content (AvgIpc) is 3.08. The molecule has 0 fully saturated rings. The highest BCUT2D eigenvalue weighted by atomic mass is 79.9. The van der Waals surface area contributed by atoms with Crippen molar-refractivity contribution in [1.82, 2.24) is 14.7 Å². The molecule has 0 aliphatic heterocycles. The Morgan fingerprint density at radius 1 is 1.40 bits per heavy atom. The van der Waals surface area contributed by atoms with Crippen LogP contribution in [-0.4, -0.2) is 21.0 Å². The zero-order valence-electron chi connectivity index (χ0n) is 10.7. The van der Waals surface area contributed by atoms with Crippen LogP contribution < -0.4 is 5.32 Å². The van der Waals surface area contributed by atoms with Gasteiger partial charge in [0.2, 0.25) is 0 Å². The molecule has 0 amide bonds. The average molecular weight is 336 g/mol. The van der Waals surface area contributed by atoms with Crippen molar-refractivity contribution in [2.24, 2.45) is 0 Å². The zero-order chi connectivity index (χ0) is 13.9. The zero-order valence-corrected chi connectivity index (χ0v) is 12.2. The van der Waals surface area contributed by atoms with Crippen molar-refractivity contribution < 1.29 is 9.52 Å². The number of rotatable bonds is 5. The van der Waals surface area contributed by atoms with Gasteiger partial charge in [-0.3, -0.25) is 0 Å². The summed E-state index contributed by atoms with van der Waals surface area (Å²) in [5.74, 6) is 0.568. The molecule has 0 saturated carbocycles. The van der Waals surface area contributed by atoms with E-state index in [2.05, 4.69) is 26.2 Å². The highest BCUT2D eigenvalue weighted by molar-refractivity contribution is 9.10. The third-order valence-electron chi connectivity index (χ3n) is 3.06. The van der Waals surface area contributed by atoms with Gasteiger partial charge < -0.3 is 19.2 Å². The molecule has 0 aliphatic carbocycles. The van der Waals surface area contributed by atoms with Crippen molar-refractivity contribution in [3.8, 4) is 0 Å². The van der Waals surface area contributed by atoms with Crippen molar-refractivity contribution in [2.75, 3.05) is 6.54 Å². The predicted octanol–water partition coefficient (Wildman–Crippen LogP) is 2.51. The number of imidazole rings is 1. The van der Waals surface area contributed by atoms with Gasteiger partial charge in [-0.05, 0) is 40.2 Å². The summed E-state index contributed by atoms with van der Waals surface area (Å²) >= 11 is 3.45. The first-order valence-electron chi connectivity index (χ1n) is 6.28. The number of furan rings is 1. The Morgan fingerprint density at radius 2 is 2.30 bits per heavy atom. The van der Waals surface area contributed by atoms with Gasteiger partial charge in [-0.2, -0.15) is 0 Å². The summed E-state index contributed by atoms with van der Waals surface area (Å²) in [6.45, 7) is 1.05. The first-order chi connectivity index (χ1) is 9.74. The summed E-state index contributed by atoms with van der Waals surface area (Å²) in [6, 6.07) is 7.43.